The van der Waals surface area contributed by atoms with Crippen molar-refractivity contribution in [3.05, 3.63) is 153 Å². The molecule has 5 aromatic carbocycles. The summed E-state index contributed by atoms with van der Waals surface area (Å²) in [5, 5.41) is 7.32. The zero-order valence-corrected chi connectivity index (χ0v) is 52.7. The number of nitrogen functional groups attached to an aromatic ring is 1. The Morgan fingerprint density at radius 1 is 0.557 bits per heavy atom. The Balaban J connectivity index is 0.000000377. The maximum absolute atomic E-state index is 13.2. The molecule has 432 valence electrons. The van der Waals surface area contributed by atoms with E-state index >= 15 is 0 Å². The molecule has 0 heterocycles. The summed E-state index contributed by atoms with van der Waals surface area (Å²) in [6.07, 6.45) is 14.0. The summed E-state index contributed by atoms with van der Waals surface area (Å²) in [5.74, 6) is 3.05. The summed E-state index contributed by atoms with van der Waals surface area (Å²) >= 11 is 0. The molecule has 0 saturated heterocycles. The lowest BCUT2D eigenvalue weighted by Gasteiger charge is -2.30. The van der Waals surface area contributed by atoms with Gasteiger partial charge >= 0.3 is 0 Å². The van der Waals surface area contributed by atoms with Gasteiger partial charge in [0.15, 0.2) is 0 Å². The Morgan fingerprint density at radius 3 is 1.19 bits per heavy atom. The maximum atomic E-state index is 13.2. The number of nitrogens with two attached hydrogens (primary N) is 2. The third kappa shape index (κ3) is 19.8. The van der Waals surface area contributed by atoms with Gasteiger partial charge in [0, 0.05) is 77.0 Å². The zero-order valence-electron chi connectivity index (χ0n) is 51.9. The van der Waals surface area contributed by atoms with Crippen LogP contribution in [0.25, 0.3) is 0 Å². The number of nitrogens with zero attached hydrogens (tertiary/aromatic N) is 4. The van der Waals surface area contributed by atoms with Crippen LogP contribution in [0, 0.1) is 11.3 Å². The van der Waals surface area contributed by atoms with Crippen molar-refractivity contribution in [2.24, 2.45) is 10.7 Å². The molecule has 0 aromatic heterocycles. The lowest BCUT2D eigenvalue weighted by Crippen LogP contribution is -2.31. The number of isocyanates is 1. The summed E-state index contributed by atoms with van der Waals surface area (Å²) < 4.78 is 0. The standard InChI is InChI=1S/C29H41NO.C14H22N2.C13H17NO.C12H19N.C2H3N.ClH/c1-21(2)26-10-9-11-27(22(3)4)28(26)20-25(31)16-19-29(17-7-8-18-29)23-12-14-24(15-13-23)30(5)6;1-16(2)13-7-5-12(6-8-13)14(11-15)9-3-4-10-14;1-9(2)11-6-5-7-12(10(3)4)13(11)14-8-15;1-8(2)10-6-5-7-11(9(3)4)12(10)13;1-2-3;/h9-15,21-22H,7-8,16-20H2,1-6H3;5-8H,3-4,9-11,15H2,1-2H3;5-7,9-10H,1-4H3;5-9H,13H2,1-4H3;1H3;1H. The number of Topliss-reactive ketones (excluding diaryl/α,β-unsaturated/α-hetero) is 1. The van der Waals surface area contributed by atoms with Crippen LogP contribution in [-0.4, -0.2) is 46.6 Å². The van der Waals surface area contributed by atoms with Crippen molar-refractivity contribution in [2.75, 3.05) is 50.3 Å². The van der Waals surface area contributed by atoms with Gasteiger partial charge in [-0.1, -0.05) is 188 Å². The van der Waals surface area contributed by atoms with E-state index in [1.54, 1.807) is 12.1 Å². The van der Waals surface area contributed by atoms with Crippen LogP contribution in [0.15, 0.2) is 108 Å². The number of para-hydroxylation sites is 2. The molecule has 5 aromatic rings. The van der Waals surface area contributed by atoms with Crippen molar-refractivity contribution < 1.29 is 9.59 Å². The van der Waals surface area contributed by atoms with E-state index < -0.39 is 0 Å². The van der Waals surface area contributed by atoms with Gasteiger partial charge in [-0.2, -0.15) is 10.3 Å². The second-order valence-corrected chi connectivity index (χ2v) is 24.2. The molecule has 0 spiro atoms. The van der Waals surface area contributed by atoms with Crippen molar-refractivity contribution in [1.29, 1.82) is 5.26 Å². The summed E-state index contributed by atoms with van der Waals surface area (Å²) in [6.45, 7) is 28.3. The molecule has 0 amide bonds. The molecule has 2 fully saturated rings. The fourth-order valence-corrected chi connectivity index (χ4v) is 11.5. The SMILES string of the molecule is CC#N.CC(C)c1cccc(C(C)C)c1CC(=O)CCC1(c2ccc(N(C)C)cc2)CCCC1.CC(C)c1cccc(C(C)C)c1N.CC(C)c1cccc(C(C)C)c1N=C=O.CN(C)c1ccc(C2(CN)CCCC2)cc1.Cl. The van der Waals surface area contributed by atoms with E-state index in [0.29, 0.717) is 54.1 Å². The molecule has 0 atom stereocenters. The van der Waals surface area contributed by atoms with Crippen LogP contribution < -0.4 is 21.3 Å². The highest BCUT2D eigenvalue weighted by molar-refractivity contribution is 5.85. The minimum Gasteiger partial charge on any atom is -0.398 e. The first-order valence-electron chi connectivity index (χ1n) is 29.2. The van der Waals surface area contributed by atoms with Crippen LogP contribution in [0.4, 0.5) is 22.7 Å². The lowest BCUT2D eigenvalue weighted by molar-refractivity contribution is -0.118. The number of ketones is 1. The van der Waals surface area contributed by atoms with Crippen LogP contribution in [0.2, 0.25) is 0 Å². The van der Waals surface area contributed by atoms with Crippen LogP contribution in [-0.2, 0) is 26.8 Å². The second-order valence-electron chi connectivity index (χ2n) is 24.2. The first-order valence-corrected chi connectivity index (χ1v) is 29.2. The molecule has 4 N–H and O–H groups in total. The number of nitriles is 1. The number of rotatable bonds is 17. The minimum atomic E-state index is 0. The molecule has 2 aliphatic rings. The maximum Gasteiger partial charge on any atom is 0.240 e. The van der Waals surface area contributed by atoms with Crippen LogP contribution in [0.1, 0.15) is 240 Å². The van der Waals surface area contributed by atoms with Gasteiger partial charge < -0.3 is 21.3 Å². The van der Waals surface area contributed by atoms with Crippen molar-refractivity contribution in [1.82, 2.24) is 0 Å². The third-order valence-corrected chi connectivity index (χ3v) is 16.2. The Hall–Kier alpha value is -5.71. The van der Waals surface area contributed by atoms with Gasteiger partial charge in [0.1, 0.15) is 5.78 Å². The van der Waals surface area contributed by atoms with Gasteiger partial charge in [0.2, 0.25) is 6.08 Å². The largest absolute Gasteiger partial charge is 0.398 e. The Bertz CT molecular complexity index is 2600. The number of hydrogen-bond donors (Lipinski definition) is 2. The molecule has 2 saturated carbocycles. The second kappa shape index (κ2) is 33.8. The number of carbonyl (C=O) groups is 1. The van der Waals surface area contributed by atoms with E-state index in [9.17, 15) is 9.59 Å². The summed E-state index contributed by atoms with van der Waals surface area (Å²) in [7, 11) is 8.31. The summed E-state index contributed by atoms with van der Waals surface area (Å²) in [5.41, 5.74) is 28.4. The number of carbonyl (C=O) groups excluding carboxylic acids is 2. The monoisotopic (exact) mass is 1090 g/mol. The molecular weight excluding hydrogens is 992 g/mol. The molecule has 0 aliphatic heterocycles. The van der Waals surface area contributed by atoms with Gasteiger partial charge in [0.05, 0.1) is 11.8 Å². The number of aliphatic imine (C=N–C) groups is 1. The fraction of sp³-hybridized carbons (Fsp3) is 0.529. The highest BCUT2D eigenvalue weighted by atomic mass is 35.5. The zero-order chi connectivity index (χ0) is 58.3. The highest BCUT2D eigenvalue weighted by Crippen LogP contribution is 2.46. The Morgan fingerprint density at radius 2 is 0.873 bits per heavy atom. The molecule has 9 heteroatoms. The molecule has 7 rings (SSSR count). The first-order chi connectivity index (χ1) is 36.9. The van der Waals surface area contributed by atoms with Crippen molar-refractivity contribution in [2.45, 2.75) is 207 Å². The Kier molecular flexibility index (Phi) is 29.7. The molecule has 8 nitrogen and oxygen atoms in total. The fourth-order valence-electron chi connectivity index (χ4n) is 11.5. The molecular formula is C70H103ClN6O2. The van der Waals surface area contributed by atoms with E-state index in [2.05, 4.69) is 211 Å². The third-order valence-electron chi connectivity index (χ3n) is 16.2. The minimum absolute atomic E-state index is 0. The predicted octanol–water partition coefficient (Wildman–Crippen LogP) is 18.3. The van der Waals surface area contributed by atoms with Gasteiger partial charge in [-0.15, -0.1) is 12.4 Å². The van der Waals surface area contributed by atoms with Crippen molar-refractivity contribution in [3.8, 4) is 6.07 Å². The summed E-state index contributed by atoms with van der Waals surface area (Å²) in [4.78, 5) is 31.8. The smallest absolute Gasteiger partial charge is 0.240 e. The van der Waals surface area contributed by atoms with Gasteiger partial charge in [-0.05, 0) is 147 Å². The van der Waals surface area contributed by atoms with E-state index in [0.717, 1.165) is 35.5 Å². The van der Waals surface area contributed by atoms with Gasteiger partial charge in [-0.3, -0.25) is 4.79 Å². The topological polar surface area (TPSA) is 129 Å². The first kappa shape index (κ1) is 69.4. The average molecular weight is 1100 g/mol. The number of anilines is 3. The van der Waals surface area contributed by atoms with E-state index in [4.69, 9.17) is 16.7 Å². The van der Waals surface area contributed by atoms with Crippen LogP contribution >= 0.6 is 12.4 Å². The van der Waals surface area contributed by atoms with Crippen LogP contribution in [0.5, 0.6) is 0 Å². The Labute approximate surface area is 486 Å². The van der Waals surface area contributed by atoms with Gasteiger partial charge in [-0.25, -0.2) is 4.79 Å². The molecule has 0 unspecified atom stereocenters. The quantitative estimate of drug-likeness (QED) is 0.0539. The normalized spacial score (nSPS) is 13.9. The number of halogens is 1. The number of hydrogen-bond acceptors (Lipinski definition) is 8. The molecule has 0 radical (unpaired) electrons. The number of benzene rings is 5. The predicted molar refractivity (Wildman–Crippen MR) is 343 cm³/mol. The van der Waals surface area contributed by atoms with Crippen molar-refractivity contribution in [3.63, 3.8) is 0 Å². The average Bonchev–Trinajstić information content (AvgIpc) is 4.14. The molecule has 79 heavy (non-hydrogen) atoms. The van der Waals surface area contributed by atoms with Crippen LogP contribution in [0.3, 0.4) is 0 Å². The van der Waals surface area contributed by atoms with Gasteiger partial charge in [0.25, 0.3) is 0 Å². The molecule has 0 bridgehead atoms. The highest BCUT2D eigenvalue weighted by Gasteiger charge is 2.36. The lowest BCUT2D eigenvalue weighted by atomic mass is 9.74. The summed E-state index contributed by atoms with van der Waals surface area (Å²) in [6, 6.07) is 38.7. The van der Waals surface area contributed by atoms with E-state index in [-0.39, 0.29) is 23.2 Å². The van der Waals surface area contributed by atoms with E-state index in [1.807, 2.05) is 18.2 Å². The van der Waals surface area contributed by atoms with Crippen molar-refractivity contribution >= 4 is 47.0 Å². The van der Waals surface area contributed by atoms with E-state index in [1.165, 1.54) is 109 Å². The molecule has 2 aliphatic carbocycles.